The molecule has 1 amide bonds. The highest BCUT2D eigenvalue weighted by Crippen LogP contribution is 2.30. The molecule has 9 heteroatoms. The lowest BCUT2D eigenvalue weighted by Gasteiger charge is -2.04. The number of carbonyl (C=O) groups is 1. The van der Waals surface area contributed by atoms with Crippen molar-refractivity contribution in [1.29, 1.82) is 0 Å². The Balaban J connectivity index is 1.63. The van der Waals surface area contributed by atoms with Crippen LogP contribution in [0, 0.1) is 6.92 Å². The Kier molecular flexibility index (Phi) is 6.61. The smallest absolute Gasteiger partial charge is 0.250 e. The zero-order valence-corrected chi connectivity index (χ0v) is 18.0. The minimum atomic E-state index is -3.67. The Bertz CT molecular complexity index is 1040. The number of benzene rings is 1. The maximum atomic E-state index is 12.1. The third kappa shape index (κ3) is 5.05. The van der Waals surface area contributed by atoms with E-state index < -0.39 is 15.9 Å². The molecule has 2 N–H and O–H groups in total. The van der Waals surface area contributed by atoms with E-state index in [1.54, 1.807) is 11.4 Å². The number of anilines is 1. The van der Waals surface area contributed by atoms with Crippen molar-refractivity contribution in [1.82, 2.24) is 9.71 Å². The quantitative estimate of drug-likeness (QED) is 0.559. The highest BCUT2D eigenvalue weighted by molar-refractivity contribution is 7.91. The van der Waals surface area contributed by atoms with Crippen molar-refractivity contribution >= 4 is 43.7 Å². The molecule has 0 radical (unpaired) electrons. The molecule has 0 aliphatic rings. The van der Waals surface area contributed by atoms with Gasteiger partial charge in [0.1, 0.15) is 4.21 Å². The lowest BCUT2D eigenvalue weighted by molar-refractivity contribution is -0.115. The summed E-state index contributed by atoms with van der Waals surface area (Å²) >= 11 is 2.46. The molecule has 2 heterocycles. The maximum absolute atomic E-state index is 12.1. The molecule has 3 aromatic rings. The third-order valence-corrected chi connectivity index (χ3v) is 7.68. The highest BCUT2D eigenvalue weighted by atomic mass is 32.2. The van der Waals surface area contributed by atoms with Gasteiger partial charge in [-0.05, 0) is 30.4 Å². The number of thiazole rings is 1. The average Bonchev–Trinajstić information content (AvgIpc) is 3.32. The summed E-state index contributed by atoms with van der Waals surface area (Å²) in [5.74, 6) is -0.460. The topological polar surface area (TPSA) is 88.2 Å². The molecule has 28 heavy (non-hydrogen) atoms. The Morgan fingerprint density at radius 3 is 2.57 bits per heavy atom. The molecule has 0 saturated heterocycles. The largest absolute Gasteiger partial charge is 0.301 e. The molecule has 0 bridgehead atoms. The maximum Gasteiger partial charge on any atom is 0.250 e. The zero-order valence-electron chi connectivity index (χ0n) is 15.6. The van der Waals surface area contributed by atoms with E-state index in [2.05, 4.69) is 34.1 Å². The fourth-order valence-corrected chi connectivity index (χ4v) is 5.52. The highest BCUT2D eigenvalue weighted by Gasteiger charge is 2.17. The Morgan fingerprint density at radius 2 is 1.93 bits per heavy atom. The van der Waals surface area contributed by atoms with Crippen LogP contribution in [0.25, 0.3) is 11.3 Å². The summed E-state index contributed by atoms with van der Waals surface area (Å²) in [4.78, 5) is 17.6. The number of nitrogens with one attached hydrogen (secondary N) is 2. The van der Waals surface area contributed by atoms with Crippen molar-refractivity contribution in [2.45, 2.75) is 30.9 Å². The van der Waals surface area contributed by atoms with E-state index in [4.69, 9.17) is 0 Å². The van der Waals surface area contributed by atoms with Crippen molar-refractivity contribution in [3.05, 3.63) is 52.2 Å². The number of carbonyl (C=O) groups excluding carboxylic acids is 1. The van der Waals surface area contributed by atoms with Crippen molar-refractivity contribution in [3.8, 4) is 11.3 Å². The predicted octanol–water partition coefficient (Wildman–Crippen LogP) is 4.05. The number of hydrogen-bond acceptors (Lipinski definition) is 6. The molecule has 6 nitrogen and oxygen atoms in total. The van der Waals surface area contributed by atoms with Crippen LogP contribution in [0.5, 0.6) is 0 Å². The Morgan fingerprint density at radius 1 is 1.18 bits per heavy atom. The minimum absolute atomic E-state index is 0.180. The van der Waals surface area contributed by atoms with Gasteiger partial charge in [0, 0.05) is 10.4 Å². The number of amides is 1. The van der Waals surface area contributed by atoms with E-state index in [1.807, 2.05) is 19.1 Å². The molecule has 0 saturated carbocycles. The van der Waals surface area contributed by atoms with Gasteiger partial charge in [-0.2, -0.15) is 0 Å². The van der Waals surface area contributed by atoms with Gasteiger partial charge in [-0.1, -0.05) is 43.7 Å². The van der Waals surface area contributed by atoms with E-state index in [-0.39, 0.29) is 10.8 Å². The van der Waals surface area contributed by atoms with E-state index in [0.717, 1.165) is 40.3 Å². The molecule has 0 fully saturated rings. The SMILES string of the molecule is CCCc1ccc(-c2nc(NC(=O)CNS(=O)(=O)c3cccs3)sc2C)cc1. The van der Waals surface area contributed by atoms with Crippen LogP contribution >= 0.6 is 22.7 Å². The number of sulfonamides is 1. The number of aryl methyl sites for hydroxylation is 2. The van der Waals surface area contributed by atoms with Crippen molar-refractivity contribution < 1.29 is 13.2 Å². The predicted molar refractivity (Wildman–Crippen MR) is 114 cm³/mol. The number of thiophene rings is 1. The summed E-state index contributed by atoms with van der Waals surface area (Å²) in [6.45, 7) is 3.75. The summed E-state index contributed by atoms with van der Waals surface area (Å²) in [5, 5.41) is 4.79. The monoisotopic (exact) mass is 435 g/mol. The van der Waals surface area contributed by atoms with Crippen LogP contribution in [0.4, 0.5) is 5.13 Å². The van der Waals surface area contributed by atoms with Crippen LogP contribution in [-0.4, -0.2) is 25.9 Å². The summed E-state index contributed by atoms with van der Waals surface area (Å²) in [7, 11) is -3.67. The first-order chi connectivity index (χ1) is 13.4. The summed E-state index contributed by atoms with van der Waals surface area (Å²) < 4.78 is 26.6. The molecule has 0 atom stereocenters. The van der Waals surface area contributed by atoms with E-state index in [9.17, 15) is 13.2 Å². The second kappa shape index (κ2) is 8.95. The molecular formula is C19H21N3O3S3. The molecule has 0 unspecified atom stereocenters. The summed E-state index contributed by atoms with van der Waals surface area (Å²) in [6.07, 6.45) is 2.14. The van der Waals surface area contributed by atoms with Gasteiger partial charge in [0.25, 0.3) is 10.0 Å². The molecule has 2 aromatic heterocycles. The average molecular weight is 436 g/mol. The van der Waals surface area contributed by atoms with Gasteiger partial charge in [0.2, 0.25) is 5.91 Å². The number of hydrogen-bond donors (Lipinski definition) is 2. The van der Waals surface area contributed by atoms with E-state index >= 15 is 0 Å². The Labute approximate surface area is 172 Å². The van der Waals surface area contributed by atoms with Gasteiger partial charge in [0.15, 0.2) is 5.13 Å². The van der Waals surface area contributed by atoms with Crippen LogP contribution in [0.3, 0.4) is 0 Å². The van der Waals surface area contributed by atoms with Crippen LogP contribution in [0.15, 0.2) is 46.0 Å². The standard InChI is InChI=1S/C19H21N3O3S3/c1-3-5-14-7-9-15(10-8-14)18-13(2)27-19(22-18)21-16(23)12-20-28(24,25)17-6-4-11-26-17/h4,6-11,20H,3,5,12H2,1-2H3,(H,21,22,23). The third-order valence-electron chi connectivity index (χ3n) is 3.99. The first-order valence-corrected chi connectivity index (χ1v) is 12.0. The first-order valence-electron chi connectivity index (χ1n) is 8.79. The molecule has 1 aromatic carbocycles. The minimum Gasteiger partial charge on any atom is -0.301 e. The van der Waals surface area contributed by atoms with Gasteiger partial charge in [-0.15, -0.1) is 22.7 Å². The number of nitrogens with zero attached hydrogens (tertiary/aromatic N) is 1. The molecular weight excluding hydrogens is 414 g/mol. The zero-order chi connectivity index (χ0) is 20.1. The molecule has 148 valence electrons. The van der Waals surface area contributed by atoms with Gasteiger partial charge >= 0.3 is 0 Å². The van der Waals surface area contributed by atoms with Crippen molar-refractivity contribution in [3.63, 3.8) is 0 Å². The van der Waals surface area contributed by atoms with Crippen LogP contribution in [-0.2, 0) is 21.2 Å². The Hall–Kier alpha value is -2.07. The van der Waals surface area contributed by atoms with Gasteiger partial charge in [-0.25, -0.2) is 18.1 Å². The first kappa shape index (κ1) is 20.7. The summed E-state index contributed by atoms with van der Waals surface area (Å²) in [5.41, 5.74) is 3.10. The fourth-order valence-electron chi connectivity index (χ4n) is 2.65. The second-order valence-electron chi connectivity index (χ2n) is 6.18. The van der Waals surface area contributed by atoms with Crippen molar-refractivity contribution in [2.75, 3.05) is 11.9 Å². The lowest BCUT2D eigenvalue weighted by atomic mass is 10.1. The summed E-state index contributed by atoms with van der Waals surface area (Å²) in [6, 6.07) is 11.4. The fraction of sp³-hybridized carbons (Fsp3) is 0.263. The number of aromatic nitrogens is 1. The van der Waals surface area contributed by atoms with Crippen LogP contribution in [0.1, 0.15) is 23.8 Å². The van der Waals surface area contributed by atoms with Gasteiger partial charge in [0.05, 0.1) is 12.2 Å². The van der Waals surface area contributed by atoms with Crippen molar-refractivity contribution in [2.24, 2.45) is 0 Å². The van der Waals surface area contributed by atoms with Crippen LogP contribution in [0.2, 0.25) is 0 Å². The van der Waals surface area contributed by atoms with E-state index in [1.165, 1.54) is 23.0 Å². The van der Waals surface area contributed by atoms with Gasteiger partial charge in [-0.3, -0.25) is 4.79 Å². The van der Waals surface area contributed by atoms with Crippen LogP contribution < -0.4 is 10.0 Å². The normalized spacial score (nSPS) is 11.5. The molecule has 0 spiro atoms. The molecule has 0 aliphatic heterocycles. The van der Waals surface area contributed by atoms with E-state index in [0.29, 0.717) is 5.13 Å². The number of rotatable bonds is 8. The second-order valence-corrected chi connectivity index (χ2v) is 10.3. The molecule has 0 aliphatic carbocycles. The lowest BCUT2D eigenvalue weighted by Crippen LogP contribution is -2.32. The van der Waals surface area contributed by atoms with Gasteiger partial charge < -0.3 is 5.32 Å². The molecule has 3 rings (SSSR count).